The molecule has 0 aromatic heterocycles. The summed E-state index contributed by atoms with van der Waals surface area (Å²) in [6.45, 7) is 11.0. The van der Waals surface area contributed by atoms with Gasteiger partial charge in [0.05, 0.1) is 0 Å². The largest absolute Gasteiger partial charge is 0.461 e. The Kier molecular flexibility index (Phi) is 10.6. The summed E-state index contributed by atoms with van der Waals surface area (Å²) in [5.74, 6) is -15.8. The molecule has 0 N–H and O–H groups in total. The average Bonchev–Trinajstić information content (AvgIpc) is 2.60. The topological polar surface area (TPSA) is 63.7 Å². The minimum Gasteiger partial charge on any atom is -0.461 e. The first-order chi connectivity index (χ1) is 13.5. The lowest BCUT2D eigenvalue weighted by molar-refractivity contribution is -0.382. The second kappa shape index (κ2) is 10.5. The highest BCUT2D eigenvalue weighted by Crippen LogP contribution is 2.55. The quantitative estimate of drug-likeness (QED) is 0.205. The number of nitrogens with zero attached hydrogens (tertiary/aromatic N) is 1. The van der Waals surface area contributed by atoms with Crippen molar-refractivity contribution in [3.05, 3.63) is 37.0 Å². The van der Waals surface area contributed by atoms with Crippen molar-refractivity contribution in [2.24, 2.45) is 0 Å². The summed E-state index contributed by atoms with van der Waals surface area (Å²) in [5.41, 5.74) is 0.821. The van der Waals surface area contributed by atoms with Gasteiger partial charge in [-0.25, -0.2) is 13.2 Å². The third-order valence-electron chi connectivity index (χ3n) is 3.19. The van der Waals surface area contributed by atoms with Gasteiger partial charge in [0, 0.05) is 19.2 Å². The second-order valence-electron chi connectivity index (χ2n) is 5.96. The Morgan fingerprint density at radius 3 is 1.65 bits per heavy atom. The van der Waals surface area contributed by atoms with Gasteiger partial charge in [0.15, 0.2) is 0 Å². The Balaban J connectivity index is 0. The van der Waals surface area contributed by atoms with E-state index < -0.39 is 56.7 Å². The third kappa shape index (κ3) is 6.98. The molecule has 0 aliphatic carbocycles. The first kappa shape index (κ1) is 31.2. The zero-order valence-electron chi connectivity index (χ0n) is 16.5. The monoisotopic (exact) mass is 493 g/mol. The molecule has 0 saturated heterocycles. The van der Waals surface area contributed by atoms with E-state index in [4.69, 9.17) is 0 Å². The van der Waals surface area contributed by atoms with Gasteiger partial charge in [-0.1, -0.05) is 31.4 Å². The Bertz CT molecular complexity index is 789. The van der Waals surface area contributed by atoms with Crippen LogP contribution in [0.25, 0.3) is 0 Å². The van der Waals surface area contributed by atoms with Gasteiger partial charge in [-0.2, -0.15) is 43.8 Å². The van der Waals surface area contributed by atoms with E-state index in [0.29, 0.717) is 0 Å². The highest BCUT2D eigenvalue weighted by molar-refractivity contribution is 7.90. The molecule has 0 heterocycles. The van der Waals surface area contributed by atoms with E-state index in [-0.39, 0.29) is 12.6 Å². The van der Waals surface area contributed by atoms with Crippen molar-refractivity contribution in [2.45, 2.75) is 37.1 Å². The van der Waals surface area contributed by atoms with Gasteiger partial charge in [-0.3, -0.25) is 0 Å². The minimum atomic E-state index is -7.34. The maximum absolute atomic E-state index is 13.5. The average molecular weight is 493 g/mol. The lowest BCUT2D eigenvalue weighted by atomic mass is 10.1. The first-order valence-corrected chi connectivity index (χ1v) is 9.23. The van der Waals surface area contributed by atoms with E-state index in [1.807, 2.05) is 6.92 Å². The molecule has 182 valence electrons. The summed E-state index contributed by atoms with van der Waals surface area (Å²) in [4.78, 5) is 11.0. The number of carbonyl (C=O) groups excluding carboxylic acids is 1. The van der Waals surface area contributed by atoms with E-state index in [0.717, 1.165) is 12.5 Å². The van der Waals surface area contributed by atoms with Crippen molar-refractivity contribution >= 4 is 16.0 Å². The molecule has 0 aromatic rings. The Morgan fingerprint density at radius 1 is 0.968 bits per heavy atom. The summed E-state index contributed by atoms with van der Waals surface area (Å²) in [7, 11) is -6.51. The van der Waals surface area contributed by atoms with E-state index in [9.17, 15) is 52.7 Å². The number of rotatable bonds is 9. The number of alkyl halides is 9. The van der Waals surface area contributed by atoms with Gasteiger partial charge in [0.2, 0.25) is 0 Å². The predicted molar refractivity (Wildman–Crippen MR) is 93.2 cm³/mol. The van der Waals surface area contributed by atoms with Gasteiger partial charge < -0.3 is 4.74 Å². The van der Waals surface area contributed by atoms with Crippen LogP contribution in [0.3, 0.4) is 0 Å². The van der Waals surface area contributed by atoms with Crippen LogP contribution < -0.4 is 0 Å². The molecule has 15 heteroatoms. The lowest BCUT2D eigenvalue weighted by Gasteiger charge is -2.34. The standard InChI is InChI=1S/C11H12F9NO4S.C5H8/c1-6(2)7(22)25-5-4-21(3)26(23,24)11(19,20)9(14,15)8(12,13)10(16,17)18;1-4-5(2)3/h1,4-5H2,2-3H3;4H,1-2H2,3H3. The number of hydrogen-bond donors (Lipinski definition) is 0. The van der Waals surface area contributed by atoms with Crippen LogP contribution in [0.1, 0.15) is 13.8 Å². The summed E-state index contributed by atoms with van der Waals surface area (Å²) in [6, 6.07) is 0. The smallest absolute Gasteiger partial charge is 0.460 e. The zero-order chi connectivity index (χ0) is 25.6. The summed E-state index contributed by atoms with van der Waals surface area (Å²) in [6.07, 6.45) is -5.43. The van der Waals surface area contributed by atoms with Crippen molar-refractivity contribution in [3.8, 4) is 0 Å². The van der Waals surface area contributed by atoms with Gasteiger partial charge in [-0.15, -0.1) is 0 Å². The molecule has 0 amide bonds. The fraction of sp³-hybridized carbons (Fsp3) is 0.562. The van der Waals surface area contributed by atoms with Gasteiger partial charge >= 0.3 is 29.2 Å². The van der Waals surface area contributed by atoms with Crippen LogP contribution in [-0.2, 0) is 19.6 Å². The lowest BCUT2D eigenvalue weighted by Crippen LogP contribution is -2.65. The zero-order valence-corrected chi connectivity index (χ0v) is 17.3. The number of esters is 1. The minimum absolute atomic E-state index is 0.194. The number of carbonyl (C=O) groups is 1. The summed E-state index contributed by atoms with van der Waals surface area (Å²) >= 11 is 0. The van der Waals surface area contributed by atoms with Crippen LogP contribution in [-0.4, -0.2) is 62.2 Å². The summed E-state index contributed by atoms with van der Waals surface area (Å²) in [5, 5.41) is -6.83. The van der Waals surface area contributed by atoms with Gasteiger partial charge in [0.25, 0.3) is 10.0 Å². The molecule has 0 fully saturated rings. The molecule has 5 nitrogen and oxygen atoms in total. The van der Waals surface area contributed by atoms with Crippen molar-refractivity contribution in [1.82, 2.24) is 4.31 Å². The highest BCUT2D eigenvalue weighted by Gasteiger charge is 2.85. The molecule has 31 heavy (non-hydrogen) atoms. The normalized spacial score (nSPS) is 13.2. The number of ether oxygens (including phenoxy) is 1. The molecule has 0 spiro atoms. The number of allylic oxidation sites excluding steroid dienone is 2. The van der Waals surface area contributed by atoms with E-state index in [2.05, 4.69) is 24.5 Å². The molecule has 0 atom stereocenters. The van der Waals surface area contributed by atoms with Crippen molar-refractivity contribution < 1.29 is 57.5 Å². The van der Waals surface area contributed by atoms with E-state index in [1.165, 1.54) is 0 Å². The van der Waals surface area contributed by atoms with E-state index in [1.54, 1.807) is 6.08 Å². The fourth-order valence-electron chi connectivity index (χ4n) is 1.23. The van der Waals surface area contributed by atoms with Crippen LogP contribution in [0.15, 0.2) is 37.0 Å². The van der Waals surface area contributed by atoms with Crippen molar-refractivity contribution in [3.63, 3.8) is 0 Å². The molecule has 0 unspecified atom stereocenters. The fourth-order valence-corrected chi connectivity index (χ4v) is 2.39. The Hall–Kier alpha value is -2.03. The van der Waals surface area contributed by atoms with Crippen molar-refractivity contribution in [1.29, 1.82) is 0 Å². The Labute approximate surface area is 172 Å². The van der Waals surface area contributed by atoms with Crippen LogP contribution in [0.2, 0.25) is 0 Å². The predicted octanol–water partition coefficient (Wildman–Crippen LogP) is 4.54. The number of sulfonamides is 1. The van der Waals surface area contributed by atoms with Crippen molar-refractivity contribution in [2.75, 3.05) is 20.2 Å². The molecule has 0 saturated carbocycles. The van der Waals surface area contributed by atoms with Crippen LogP contribution >= 0.6 is 0 Å². The molecule has 0 aromatic carbocycles. The summed E-state index contributed by atoms with van der Waals surface area (Å²) < 4.78 is 141. The molecule has 0 aliphatic rings. The van der Waals surface area contributed by atoms with Crippen LogP contribution in [0.4, 0.5) is 39.5 Å². The first-order valence-electron chi connectivity index (χ1n) is 7.79. The second-order valence-corrected chi connectivity index (χ2v) is 8.04. The third-order valence-corrected chi connectivity index (χ3v) is 5.09. The maximum atomic E-state index is 13.5. The van der Waals surface area contributed by atoms with Crippen LogP contribution in [0, 0.1) is 0 Å². The van der Waals surface area contributed by atoms with Gasteiger partial charge in [-0.05, 0) is 13.8 Å². The Morgan fingerprint density at radius 2 is 1.35 bits per heavy atom. The number of hydrogen-bond acceptors (Lipinski definition) is 4. The molecule has 0 aliphatic heterocycles. The SMILES string of the molecule is C=C(C)C(=O)OCCN(C)S(=O)(=O)C(F)(F)C(F)(F)C(F)(F)C(F)(F)F.C=CC(=C)C. The maximum Gasteiger partial charge on any atom is 0.460 e. The molecular weight excluding hydrogens is 473 g/mol. The molecule has 0 bridgehead atoms. The number of halogens is 9. The molecule has 0 radical (unpaired) electrons. The number of likely N-dealkylation sites (N-methyl/N-ethyl adjacent to an activating group) is 1. The highest BCUT2D eigenvalue weighted by atomic mass is 32.2. The molecule has 0 rings (SSSR count). The molecular formula is C16H20F9NO4S. The van der Waals surface area contributed by atoms with E-state index >= 15 is 0 Å². The van der Waals surface area contributed by atoms with Gasteiger partial charge in [0.1, 0.15) is 6.61 Å². The van der Waals surface area contributed by atoms with Crippen LogP contribution in [0.5, 0.6) is 0 Å².